The first-order valence-electron chi connectivity index (χ1n) is 6.50. The zero-order chi connectivity index (χ0) is 15.4. The maximum Gasteiger partial charge on any atom is 0.229 e. The van der Waals surface area contributed by atoms with Crippen LogP contribution >= 0.6 is 0 Å². The van der Waals surface area contributed by atoms with Crippen molar-refractivity contribution < 1.29 is 13.2 Å². The molecule has 114 valence electrons. The fourth-order valence-corrected chi connectivity index (χ4v) is 2.24. The molecule has 20 heavy (non-hydrogen) atoms. The van der Waals surface area contributed by atoms with E-state index in [4.69, 9.17) is 4.74 Å². The van der Waals surface area contributed by atoms with Crippen LogP contribution in [0.25, 0.3) is 0 Å². The summed E-state index contributed by atoms with van der Waals surface area (Å²) in [4.78, 5) is 0. The van der Waals surface area contributed by atoms with Crippen LogP contribution in [0.2, 0.25) is 0 Å². The number of nitrogens with one attached hydrogen (secondary N) is 2. The van der Waals surface area contributed by atoms with Gasteiger partial charge in [0.05, 0.1) is 19.1 Å². The van der Waals surface area contributed by atoms with Crippen molar-refractivity contribution in [3.8, 4) is 5.75 Å². The molecule has 0 heterocycles. The van der Waals surface area contributed by atoms with Gasteiger partial charge in [0.15, 0.2) is 0 Å². The van der Waals surface area contributed by atoms with Gasteiger partial charge >= 0.3 is 0 Å². The van der Waals surface area contributed by atoms with Gasteiger partial charge in [-0.15, -0.1) is 0 Å². The van der Waals surface area contributed by atoms with E-state index in [1.807, 2.05) is 6.07 Å². The third-order valence-corrected chi connectivity index (χ3v) is 3.29. The smallest absolute Gasteiger partial charge is 0.229 e. The Morgan fingerprint density at radius 1 is 1.25 bits per heavy atom. The van der Waals surface area contributed by atoms with Gasteiger partial charge in [-0.05, 0) is 24.0 Å². The second-order valence-electron chi connectivity index (χ2n) is 6.03. The van der Waals surface area contributed by atoms with E-state index in [0.29, 0.717) is 11.4 Å². The molecule has 0 aromatic heterocycles. The summed E-state index contributed by atoms with van der Waals surface area (Å²) in [6.07, 6.45) is 2.15. The molecule has 6 heteroatoms. The van der Waals surface area contributed by atoms with Gasteiger partial charge in [0.1, 0.15) is 5.75 Å². The molecule has 0 amide bonds. The highest BCUT2D eigenvalue weighted by molar-refractivity contribution is 7.92. The van der Waals surface area contributed by atoms with E-state index >= 15 is 0 Å². The molecule has 0 spiro atoms. The van der Waals surface area contributed by atoms with Gasteiger partial charge in [-0.1, -0.05) is 20.8 Å². The van der Waals surface area contributed by atoms with Gasteiger partial charge in [0, 0.05) is 18.3 Å². The molecular weight excluding hydrogens is 276 g/mol. The van der Waals surface area contributed by atoms with Crippen molar-refractivity contribution in [2.24, 2.45) is 5.41 Å². The molecule has 1 aromatic rings. The van der Waals surface area contributed by atoms with Crippen molar-refractivity contribution in [3.05, 3.63) is 18.2 Å². The second-order valence-corrected chi connectivity index (χ2v) is 7.78. The lowest BCUT2D eigenvalue weighted by Crippen LogP contribution is -2.13. The highest BCUT2D eigenvalue weighted by atomic mass is 32.2. The maximum atomic E-state index is 11.3. The van der Waals surface area contributed by atoms with Crippen LogP contribution in [0.15, 0.2) is 18.2 Å². The van der Waals surface area contributed by atoms with Crippen molar-refractivity contribution in [2.75, 3.05) is 29.9 Å². The molecule has 0 saturated carbocycles. The first kappa shape index (κ1) is 16.6. The average Bonchev–Trinajstić information content (AvgIpc) is 2.27. The minimum absolute atomic E-state index is 0.273. The minimum Gasteiger partial charge on any atom is -0.494 e. The van der Waals surface area contributed by atoms with E-state index in [0.717, 1.165) is 24.9 Å². The van der Waals surface area contributed by atoms with Crippen molar-refractivity contribution in [1.82, 2.24) is 0 Å². The topological polar surface area (TPSA) is 67.4 Å². The van der Waals surface area contributed by atoms with E-state index < -0.39 is 10.0 Å². The number of hydrogen-bond acceptors (Lipinski definition) is 4. The Labute approximate surface area is 121 Å². The number of methoxy groups -OCH3 is 1. The van der Waals surface area contributed by atoms with Gasteiger partial charge in [-0.2, -0.15) is 0 Å². The van der Waals surface area contributed by atoms with E-state index in [-0.39, 0.29) is 5.41 Å². The van der Waals surface area contributed by atoms with E-state index in [1.54, 1.807) is 12.1 Å². The Bertz CT molecular complexity index is 548. The highest BCUT2D eigenvalue weighted by Gasteiger charge is 2.11. The molecule has 0 aliphatic rings. The van der Waals surface area contributed by atoms with Crippen LogP contribution < -0.4 is 14.8 Å². The van der Waals surface area contributed by atoms with Crippen molar-refractivity contribution in [3.63, 3.8) is 0 Å². The van der Waals surface area contributed by atoms with Gasteiger partial charge in [-0.3, -0.25) is 4.72 Å². The number of hydrogen-bond donors (Lipinski definition) is 2. The van der Waals surface area contributed by atoms with Crippen LogP contribution in [0.4, 0.5) is 11.4 Å². The molecule has 1 aromatic carbocycles. The van der Waals surface area contributed by atoms with Crippen molar-refractivity contribution in [2.45, 2.75) is 27.2 Å². The number of ether oxygens (including phenoxy) is 1. The number of anilines is 2. The molecule has 0 aliphatic carbocycles. The predicted octanol–water partition coefficient (Wildman–Crippen LogP) is 2.91. The molecule has 0 unspecified atom stereocenters. The molecule has 0 bridgehead atoms. The Kier molecular flexibility index (Phi) is 5.28. The van der Waals surface area contributed by atoms with E-state index in [2.05, 4.69) is 30.8 Å². The summed E-state index contributed by atoms with van der Waals surface area (Å²) in [5, 5.41) is 3.31. The van der Waals surface area contributed by atoms with Crippen LogP contribution in [0.5, 0.6) is 5.75 Å². The van der Waals surface area contributed by atoms with Crippen molar-refractivity contribution >= 4 is 21.4 Å². The molecule has 5 nitrogen and oxygen atoms in total. The Morgan fingerprint density at radius 3 is 2.40 bits per heavy atom. The van der Waals surface area contributed by atoms with Crippen LogP contribution in [-0.2, 0) is 10.0 Å². The standard InChI is InChI=1S/C14H24N2O3S/c1-14(2,3)8-9-15-11-6-7-12(13(10-11)19-4)16-20(5,17)18/h6-7,10,15-16H,8-9H2,1-5H3. The second kappa shape index (κ2) is 6.35. The number of benzene rings is 1. The maximum absolute atomic E-state index is 11.3. The zero-order valence-corrected chi connectivity index (χ0v) is 13.6. The molecule has 0 atom stereocenters. The average molecular weight is 300 g/mol. The molecule has 0 radical (unpaired) electrons. The predicted molar refractivity (Wildman–Crippen MR) is 84.0 cm³/mol. The normalized spacial score (nSPS) is 12.1. The first-order valence-corrected chi connectivity index (χ1v) is 8.39. The van der Waals surface area contributed by atoms with Gasteiger partial charge in [0.2, 0.25) is 10.0 Å². The molecular formula is C14H24N2O3S. The van der Waals surface area contributed by atoms with Crippen LogP contribution in [0, 0.1) is 5.41 Å². The first-order chi connectivity index (χ1) is 9.11. The summed E-state index contributed by atoms with van der Waals surface area (Å²) in [5.74, 6) is 0.496. The molecule has 1 rings (SSSR count). The number of rotatable bonds is 6. The quantitative estimate of drug-likeness (QED) is 0.847. The Morgan fingerprint density at radius 2 is 1.90 bits per heavy atom. The van der Waals surface area contributed by atoms with E-state index in [9.17, 15) is 8.42 Å². The summed E-state index contributed by atoms with van der Waals surface area (Å²) in [6.45, 7) is 7.42. The summed E-state index contributed by atoms with van der Waals surface area (Å²) in [6, 6.07) is 5.31. The van der Waals surface area contributed by atoms with Crippen molar-refractivity contribution in [1.29, 1.82) is 0 Å². The molecule has 0 aliphatic heterocycles. The summed E-state index contributed by atoms with van der Waals surface area (Å²) in [7, 11) is -1.79. The minimum atomic E-state index is -3.31. The van der Waals surface area contributed by atoms with Crippen LogP contribution in [0.3, 0.4) is 0 Å². The fourth-order valence-electron chi connectivity index (χ4n) is 1.67. The lowest BCUT2D eigenvalue weighted by Gasteiger charge is -2.19. The monoisotopic (exact) mass is 300 g/mol. The Hall–Kier alpha value is -1.43. The van der Waals surface area contributed by atoms with Gasteiger partial charge in [-0.25, -0.2) is 8.42 Å². The number of sulfonamides is 1. The zero-order valence-electron chi connectivity index (χ0n) is 12.8. The molecule has 2 N–H and O–H groups in total. The SMILES string of the molecule is COc1cc(NCCC(C)(C)C)ccc1NS(C)(=O)=O. The largest absolute Gasteiger partial charge is 0.494 e. The lowest BCUT2D eigenvalue weighted by molar-refractivity contribution is 0.389. The Balaban J connectivity index is 2.77. The third kappa shape index (κ3) is 6.14. The van der Waals surface area contributed by atoms with Crippen LogP contribution in [0.1, 0.15) is 27.2 Å². The summed E-state index contributed by atoms with van der Waals surface area (Å²) >= 11 is 0. The fraction of sp³-hybridized carbons (Fsp3) is 0.571. The molecule has 0 fully saturated rings. The van der Waals surface area contributed by atoms with E-state index in [1.165, 1.54) is 7.11 Å². The molecule has 0 saturated heterocycles. The highest BCUT2D eigenvalue weighted by Crippen LogP contribution is 2.29. The lowest BCUT2D eigenvalue weighted by atomic mass is 9.92. The summed E-state index contributed by atoms with van der Waals surface area (Å²) < 4.78 is 30.1. The van der Waals surface area contributed by atoms with Gasteiger partial charge in [0.25, 0.3) is 0 Å². The third-order valence-electron chi connectivity index (χ3n) is 2.70. The summed E-state index contributed by atoms with van der Waals surface area (Å²) in [5.41, 5.74) is 1.62. The van der Waals surface area contributed by atoms with Gasteiger partial charge < -0.3 is 10.1 Å². The van der Waals surface area contributed by atoms with Crippen LogP contribution in [-0.4, -0.2) is 28.3 Å².